The number of hydrogen-bond acceptors (Lipinski definition) is 6. The number of ether oxygens (including phenoxy) is 2. The first-order chi connectivity index (χ1) is 11.6. The van der Waals surface area contributed by atoms with Gasteiger partial charge in [0.25, 0.3) is 5.91 Å². The number of carbonyl (C=O) groups is 2. The summed E-state index contributed by atoms with van der Waals surface area (Å²) < 4.78 is 17.5. The van der Waals surface area contributed by atoms with E-state index in [0.29, 0.717) is 32.0 Å². The fourth-order valence-electron chi connectivity index (χ4n) is 2.46. The third-order valence-corrected chi connectivity index (χ3v) is 3.66. The van der Waals surface area contributed by atoms with E-state index in [1.165, 1.54) is 6.07 Å². The quantitative estimate of drug-likeness (QED) is 0.757. The van der Waals surface area contributed by atoms with Crippen LogP contribution in [-0.2, 0) is 20.8 Å². The summed E-state index contributed by atoms with van der Waals surface area (Å²) in [6.07, 6.45) is 3.45. The van der Waals surface area contributed by atoms with Crippen molar-refractivity contribution in [1.82, 2.24) is 14.7 Å². The number of carbonyl (C=O) groups excluding carboxylic acids is 2. The summed E-state index contributed by atoms with van der Waals surface area (Å²) >= 11 is 0. The molecule has 8 heteroatoms. The summed E-state index contributed by atoms with van der Waals surface area (Å²) in [5.41, 5.74) is 0. The van der Waals surface area contributed by atoms with E-state index < -0.39 is 5.97 Å². The number of aromatic nitrogens is 2. The SMILES string of the molecule is CC1CN(C(=O)COC(=O)c2ccc(Cn3cccn3)o2)CCO1. The van der Waals surface area contributed by atoms with Gasteiger partial charge in [-0.05, 0) is 25.1 Å². The summed E-state index contributed by atoms with van der Waals surface area (Å²) in [6, 6.07) is 5.02. The van der Waals surface area contributed by atoms with Crippen LogP contribution in [0.2, 0.25) is 0 Å². The fourth-order valence-corrected chi connectivity index (χ4v) is 2.46. The normalized spacial score (nSPS) is 17.7. The Labute approximate surface area is 138 Å². The Bertz CT molecular complexity index is 694. The summed E-state index contributed by atoms with van der Waals surface area (Å²) in [5.74, 6) is -0.238. The Morgan fingerprint density at radius 1 is 1.42 bits per heavy atom. The minimum Gasteiger partial charge on any atom is -0.452 e. The third-order valence-electron chi connectivity index (χ3n) is 3.66. The average Bonchev–Trinajstić information content (AvgIpc) is 3.24. The monoisotopic (exact) mass is 333 g/mol. The van der Waals surface area contributed by atoms with Crippen LogP contribution in [0.3, 0.4) is 0 Å². The number of morpholine rings is 1. The number of furan rings is 1. The van der Waals surface area contributed by atoms with E-state index in [2.05, 4.69) is 5.10 Å². The van der Waals surface area contributed by atoms with Gasteiger partial charge in [0.05, 0.1) is 19.3 Å². The van der Waals surface area contributed by atoms with E-state index in [1.807, 2.05) is 6.92 Å². The van der Waals surface area contributed by atoms with Gasteiger partial charge in [0, 0.05) is 25.5 Å². The van der Waals surface area contributed by atoms with E-state index >= 15 is 0 Å². The second-order valence-corrected chi connectivity index (χ2v) is 5.57. The van der Waals surface area contributed by atoms with Gasteiger partial charge in [0.2, 0.25) is 5.76 Å². The first-order valence-corrected chi connectivity index (χ1v) is 7.74. The van der Waals surface area contributed by atoms with E-state index in [0.717, 1.165) is 0 Å². The molecule has 0 aromatic carbocycles. The summed E-state index contributed by atoms with van der Waals surface area (Å²) in [4.78, 5) is 25.7. The fraction of sp³-hybridized carbons (Fsp3) is 0.438. The maximum Gasteiger partial charge on any atom is 0.374 e. The van der Waals surface area contributed by atoms with Crippen molar-refractivity contribution in [2.75, 3.05) is 26.3 Å². The lowest BCUT2D eigenvalue weighted by atomic mass is 10.3. The maximum atomic E-state index is 12.0. The van der Waals surface area contributed by atoms with Crippen molar-refractivity contribution in [3.05, 3.63) is 42.1 Å². The van der Waals surface area contributed by atoms with Gasteiger partial charge < -0.3 is 18.8 Å². The molecule has 0 saturated carbocycles. The minimum atomic E-state index is -0.656. The number of nitrogens with zero attached hydrogens (tertiary/aromatic N) is 3. The van der Waals surface area contributed by atoms with Crippen LogP contribution in [0.25, 0.3) is 0 Å². The molecule has 2 aromatic heterocycles. The van der Waals surface area contributed by atoms with Gasteiger partial charge in [0.15, 0.2) is 6.61 Å². The molecule has 3 rings (SSSR count). The third kappa shape index (κ3) is 4.02. The number of rotatable bonds is 5. The Balaban J connectivity index is 1.50. The highest BCUT2D eigenvalue weighted by atomic mass is 16.5. The molecule has 0 radical (unpaired) electrons. The van der Waals surface area contributed by atoms with E-state index in [9.17, 15) is 9.59 Å². The molecule has 1 aliphatic rings. The highest BCUT2D eigenvalue weighted by Gasteiger charge is 2.23. The van der Waals surface area contributed by atoms with Crippen LogP contribution < -0.4 is 0 Å². The lowest BCUT2D eigenvalue weighted by Gasteiger charge is -2.30. The largest absolute Gasteiger partial charge is 0.452 e. The molecule has 1 amide bonds. The van der Waals surface area contributed by atoms with Crippen LogP contribution in [0.15, 0.2) is 35.0 Å². The van der Waals surface area contributed by atoms with Crippen LogP contribution in [0, 0.1) is 0 Å². The van der Waals surface area contributed by atoms with E-state index in [1.54, 1.807) is 34.1 Å². The van der Waals surface area contributed by atoms with Crippen LogP contribution in [-0.4, -0.2) is 59.0 Å². The number of hydrogen-bond donors (Lipinski definition) is 0. The minimum absolute atomic E-state index is 0.00618. The Morgan fingerprint density at radius 3 is 3.04 bits per heavy atom. The molecule has 1 fully saturated rings. The van der Waals surface area contributed by atoms with Crippen molar-refractivity contribution in [3.8, 4) is 0 Å². The molecule has 0 spiro atoms. The zero-order valence-corrected chi connectivity index (χ0v) is 13.4. The summed E-state index contributed by atoms with van der Waals surface area (Å²) in [7, 11) is 0. The Kier molecular flexibility index (Phi) is 4.95. The molecule has 0 aliphatic carbocycles. The van der Waals surface area contributed by atoms with Gasteiger partial charge >= 0.3 is 5.97 Å². The van der Waals surface area contributed by atoms with E-state index in [4.69, 9.17) is 13.9 Å². The molecule has 3 heterocycles. The molecule has 1 aliphatic heterocycles. The summed E-state index contributed by atoms with van der Waals surface area (Å²) in [6.45, 7) is 3.53. The number of amides is 1. The van der Waals surface area contributed by atoms with E-state index in [-0.39, 0.29) is 24.4 Å². The predicted molar refractivity (Wildman–Crippen MR) is 82.3 cm³/mol. The highest BCUT2D eigenvalue weighted by molar-refractivity contribution is 5.88. The van der Waals surface area contributed by atoms with Crippen molar-refractivity contribution in [2.45, 2.75) is 19.6 Å². The molecular weight excluding hydrogens is 314 g/mol. The van der Waals surface area contributed by atoms with Gasteiger partial charge in [-0.15, -0.1) is 0 Å². The first kappa shape index (κ1) is 16.3. The smallest absolute Gasteiger partial charge is 0.374 e. The lowest BCUT2D eigenvalue weighted by Crippen LogP contribution is -2.46. The molecule has 1 saturated heterocycles. The van der Waals surface area contributed by atoms with Crippen molar-refractivity contribution in [2.24, 2.45) is 0 Å². The standard InChI is InChI=1S/C16H19N3O5/c1-12-9-18(7-8-22-12)15(20)11-23-16(21)14-4-3-13(24-14)10-19-6-2-5-17-19/h2-6,12H,7-11H2,1H3. The summed E-state index contributed by atoms with van der Waals surface area (Å²) in [5, 5.41) is 4.06. The second kappa shape index (κ2) is 7.31. The van der Waals surface area contributed by atoms with Gasteiger partial charge in [-0.3, -0.25) is 9.48 Å². The van der Waals surface area contributed by atoms with Gasteiger partial charge in [0.1, 0.15) is 5.76 Å². The van der Waals surface area contributed by atoms with Crippen molar-refractivity contribution >= 4 is 11.9 Å². The van der Waals surface area contributed by atoms with Gasteiger partial charge in [-0.2, -0.15) is 5.10 Å². The zero-order valence-electron chi connectivity index (χ0n) is 13.4. The van der Waals surface area contributed by atoms with Crippen molar-refractivity contribution in [1.29, 1.82) is 0 Å². The first-order valence-electron chi connectivity index (χ1n) is 7.74. The van der Waals surface area contributed by atoms with Gasteiger partial charge in [-0.25, -0.2) is 4.79 Å². The molecule has 24 heavy (non-hydrogen) atoms. The van der Waals surface area contributed by atoms with Crippen LogP contribution >= 0.6 is 0 Å². The molecule has 1 atom stereocenters. The number of esters is 1. The van der Waals surface area contributed by atoms with Crippen LogP contribution in [0.4, 0.5) is 0 Å². The Hall–Kier alpha value is -2.61. The second-order valence-electron chi connectivity index (χ2n) is 5.57. The molecule has 128 valence electrons. The molecule has 8 nitrogen and oxygen atoms in total. The molecular formula is C16H19N3O5. The lowest BCUT2D eigenvalue weighted by molar-refractivity contribution is -0.141. The zero-order chi connectivity index (χ0) is 16.9. The van der Waals surface area contributed by atoms with Crippen molar-refractivity contribution in [3.63, 3.8) is 0 Å². The molecule has 0 N–H and O–H groups in total. The maximum absolute atomic E-state index is 12.0. The van der Waals surface area contributed by atoms with Crippen molar-refractivity contribution < 1.29 is 23.5 Å². The average molecular weight is 333 g/mol. The van der Waals surface area contributed by atoms with Crippen LogP contribution in [0.5, 0.6) is 0 Å². The predicted octanol–water partition coefficient (Wildman–Crippen LogP) is 0.928. The highest BCUT2D eigenvalue weighted by Crippen LogP contribution is 2.11. The Morgan fingerprint density at radius 2 is 2.29 bits per heavy atom. The van der Waals surface area contributed by atoms with Crippen LogP contribution in [0.1, 0.15) is 23.2 Å². The molecule has 1 unspecified atom stereocenters. The van der Waals surface area contributed by atoms with Gasteiger partial charge in [-0.1, -0.05) is 0 Å². The molecule has 0 bridgehead atoms. The topological polar surface area (TPSA) is 86.8 Å². The molecule has 2 aromatic rings.